The van der Waals surface area contributed by atoms with Crippen LogP contribution in [0.3, 0.4) is 0 Å². The summed E-state index contributed by atoms with van der Waals surface area (Å²) in [6.45, 7) is 4.28. The maximum Gasteiger partial charge on any atom is 0.257 e. The number of fused-ring (bicyclic) bond motifs is 1. The monoisotopic (exact) mass is 287 g/mol. The van der Waals surface area contributed by atoms with Crippen LogP contribution in [0.1, 0.15) is 31.9 Å². The molecule has 0 heterocycles. The van der Waals surface area contributed by atoms with Crippen LogP contribution >= 0.6 is 0 Å². The van der Waals surface area contributed by atoms with E-state index in [1.807, 2.05) is 43.3 Å². The lowest BCUT2D eigenvalue weighted by molar-refractivity contribution is -0.123. The van der Waals surface area contributed by atoms with Crippen molar-refractivity contribution in [2.45, 2.75) is 26.4 Å². The van der Waals surface area contributed by atoms with Gasteiger partial charge in [-0.2, -0.15) is 0 Å². The van der Waals surface area contributed by atoms with Crippen molar-refractivity contribution >= 4 is 16.7 Å². The molecule has 0 fully saturated rings. The molecule has 0 spiro atoms. The predicted octanol–water partition coefficient (Wildman–Crippen LogP) is 2.80. The third-order valence-electron chi connectivity index (χ3n) is 3.28. The minimum atomic E-state index is -0.650. The second kappa shape index (κ2) is 7.09. The number of nitrogens with one attached hydrogen (secondary N) is 1. The lowest BCUT2D eigenvalue weighted by atomic mass is 10.0. The Bertz CT molecular complexity index is 622. The summed E-state index contributed by atoms with van der Waals surface area (Å²) in [5.74, 6) is 0.427. The summed E-state index contributed by atoms with van der Waals surface area (Å²) in [7, 11) is 0. The number of aliphatic hydroxyl groups is 1. The molecule has 2 rings (SSSR count). The van der Waals surface area contributed by atoms with E-state index in [1.54, 1.807) is 6.92 Å². The highest BCUT2D eigenvalue weighted by Gasteiger charge is 2.14. The summed E-state index contributed by atoms with van der Waals surface area (Å²) in [5, 5.41) is 14.6. The molecule has 0 saturated carbocycles. The first-order chi connectivity index (χ1) is 10.1. The van der Waals surface area contributed by atoms with Crippen LogP contribution in [0, 0.1) is 0 Å². The van der Waals surface area contributed by atoms with E-state index in [1.165, 1.54) is 0 Å². The van der Waals surface area contributed by atoms with Crippen molar-refractivity contribution in [2.24, 2.45) is 0 Å². The fourth-order valence-electron chi connectivity index (χ4n) is 2.20. The normalized spacial score (nSPS) is 12.1. The van der Waals surface area contributed by atoms with Crippen LogP contribution in [0.4, 0.5) is 0 Å². The van der Waals surface area contributed by atoms with Gasteiger partial charge in [0.1, 0.15) is 5.75 Å². The number of carbonyl (C=O) groups excluding carboxylic acids is 1. The van der Waals surface area contributed by atoms with Gasteiger partial charge < -0.3 is 15.2 Å². The SMILES string of the molecule is CCCNC(=O)COc1c(C(C)O)ccc2ccccc12. The Morgan fingerprint density at radius 2 is 2.05 bits per heavy atom. The number of aliphatic hydroxyl groups excluding tert-OH is 1. The Hall–Kier alpha value is -2.07. The van der Waals surface area contributed by atoms with Gasteiger partial charge in [0.25, 0.3) is 5.91 Å². The number of rotatable bonds is 6. The topological polar surface area (TPSA) is 58.6 Å². The molecule has 0 aliphatic carbocycles. The summed E-state index contributed by atoms with van der Waals surface area (Å²) in [5.41, 5.74) is 0.692. The van der Waals surface area contributed by atoms with E-state index >= 15 is 0 Å². The van der Waals surface area contributed by atoms with E-state index in [4.69, 9.17) is 4.74 Å². The van der Waals surface area contributed by atoms with E-state index in [2.05, 4.69) is 5.32 Å². The van der Waals surface area contributed by atoms with Crippen LogP contribution in [-0.4, -0.2) is 24.2 Å². The minimum Gasteiger partial charge on any atom is -0.483 e. The average molecular weight is 287 g/mol. The van der Waals surface area contributed by atoms with E-state index in [0.29, 0.717) is 17.9 Å². The van der Waals surface area contributed by atoms with Gasteiger partial charge in [0.2, 0.25) is 0 Å². The fourth-order valence-corrected chi connectivity index (χ4v) is 2.20. The predicted molar refractivity (Wildman–Crippen MR) is 83.4 cm³/mol. The van der Waals surface area contributed by atoms with Gasteiger partial charge in [-0.25, -0.2) is 0 Å². The summed E-state index contributed by atoms with van der Waals surface area (Å²) < 4.78 is 5.70. The van der Waals surface area contributed by atoms with Gasteiger partial charge in [-0.05, 0) is 18.7 Å². The molecule has 4 heteroatoms. The summed E-state index contributed by atoms with van der Waals surface area (Å²) in [6, 6.07) is 11.6. The first-order valence-electron chi connectivity index (χ1n) is 7.22. The zero-order valence-electron chi connectivity index (χ0n) is 12.4. The van der Waals surface area contributed by atoms with Crippen LogP contribution in [-0.2, 0) is 4.79 Å². The van der Waals surface area contributed by atoms with Crippen LogP contribution in [0.2, 0.25) is 0 Å². The van der Waals surface area contributed by atoms with E-state index in [-0.39, 0.29) is 12.5 Å². The number of hydrogen-bond acceptors (Lipinski definition) is 3. The Morgan fingerprint density at radius 3 is 2.76 bits per heavy atom. The summed E-state index contributed by atoms with van der Waals surface area (Å²) >= 11 is 0. The molecule has 0 bridgehead atoms. The average Bonchev–Trinajstić information content (AvgIpc) is 2.50. The molecule has 2 N–H and O–H groups in total. The van der Waals surface area contributed by atoms with Crippen molar-refractivity contribution in [1.29, 1.82) is 0 Å². The highest BCUT2D eigenvalue weighted by molar-refractivity contribution is 5.90. The van der Waals surface area contributed by atoms with Crippen LogP contribution in [0.25, 0.3) is 10.8 Å². The maximum atomic E-state index is 11.7. The smallest absolute Gasteiger partial charge is 0.257 e. The van der Waals surface area contributed by atoms with Gasteiger partial charge in [0, 0.05) is 17.5 Å². The van der Waals surface area contributed by atoms with Crippen molar-refractivity contribution in [2.75, 3.05) is 13.2 Å². The lowest BCUT2D eigenvalue weighted by Gasteiger charge is -2.16. The Kier molecular flexibility index (Phi) is 5.17. The fraction of sp³-hybridized carbons (Fsp3) is 0.353. The first-order valence-corrected chi connectivity index (χ1v) is 7.22. The molecule has 2 aromatic carbocycles. The van der Waals surface area contributed by atoms with Gasteiger partial charge in [-0.3, -0.25) is 4.79 Å². The Balaban J connectivity index is 2.27. The highest BCUT2D eigenvalue weighted by atomic mass is 16.5. The molecule has 1 unspecified atom stereocenters. The van der Waals surface area contributed by atoms with Crippen LogP contribution in [0.5, 0.6) is 5.75 Å². The van der Waals surface area contributed by atoms with Gasteiger partial charge >= 0.3 is 0 Å². The lowest BCUT2D eigenvalue weighted by Crippen LogP contribution is -2.29. The summed E-state index contributed by atoms with van der Waals surface area (Å²) in [6.07, 6.45) is 0.238. The van der Waals surface area contributed by atoms with E-state index in [9.17, 15) is 9.90 Å². The van der Waals surface area contributed by atoms with Crippen LogP contribution in [0.15, 0.2) is 36.4 Å². The number of carbonyl (C=O) groups is 1. The van der Waals surface area contributed by atoms with Gasteiger partial charge in [0.05, 0.1) is 6.10 Å². The van der Waals surface area contributed by atoms with E-state index in [0.717, 1.165) is 17.2 Å². The quantitative estimate of drug-likeness (QED) is 0.859. The van der Waals surface area contributed by atoms with Crippen molar-refractivity contribution in [3.63, 3.8) is 0 Å². The molecule has 4 nitrogen and oxygen atoms in total. The van der Waals surface area contributed by atoms with Crippen LogP contribution < -0.4 is 10.1 Å². The minimum absolute atomic E-state index is 0.0479. The first kappa shape index (κ1) is 15.3. The molecular formula is C17H21NO3. The van der Waals surface area contributed by atoms with Gasteiger partial charge in [-0.1, -0.05) is 43.3 Å². The maximum absolute atomic E-state index is 11.7. The largest absolute Gasteiger partial charge is 0.483 e. The van der Waals surface area contributed by atoms with Gasteiger partial charge in [-0.15, -0.1) is 0 Å². The second-order valence-electron chi connectivity index (χ2n) is 5.02. The van der Waals surface area contributed by atoms with E-state index < -0.39 is 6.10 Å². The number of hydrogen-bond donors (Lipinski definition) is 2. The molecule has 1 amide bonds. The number of amides is 1. The number of ether oxygens (including phenoxy) is 1. The molecular weight excluding hydrogens is 266 g/mol. The van der Waals surface area contributed by atoms with Crippen molar-refractivity contribution in [1.82, 2.24) is 5.32 Å². The molecule has 0 aromatic heterocycles. The molecule has 21 heavy (non-hydrogen) atoms. The van der Waals surface area contributed by atoms with Crippen molar-refractivity contribution < 1.29 is 14.6 Å². The van der Waals surface area contributed by atoms with Gasteiger partial charge in [0.15, 0.2) is 6.61 Å². The third-order valence-corrected chi connectivity index (χ3v) is 3.28. The summed E-state index contributed by atoms with van der Waals surface area (Å²) in [4.78, 5) is 11.7. The third kappa shape index (κ3) is 3.73. The molecule has 1 atom stereocenters. The molecule has 0 radical (unpaired) electrons. The highest BCUT2D eigenvalue weighted by Crippen LogP contribution is 2.33. The second-order valence-corrected chi connectivity index (χ2v) is 5.02. The standard InChI is InChI=1S/C17H21NO3/c1-3-10-18-16(20)11-21-17-14(12(2)19)9-8-13-6-4-5-7-15(13)17/h4-9,12,19H,3,10-11H2,1-2H3,(H,18,20). The Morgan fingerprint density at radius 1 is 1.29 bits per heavy atom. The molecule has 0 aliphatic rings. The molecule has 2 aromatic rings. The molecule has 112 valence electrons. The molecule has 0 saturated heterocycles. The number of benzene rings is 2. The van der Waals surface area contributed by atoms with Crippen molar-refractivity contribution in [3.05, 3.63) is 42.0 Å². The Labute approximate surface area is 124 Å². The van der Waals surface area contributed by atoms with Crippen molar-refractivity contribution in [3.8, 4) is 5.75 Å². The molecule has 0 aliphatic heterocycles. The zero-order chi connectivity index (χ0) is 15.2. The zero-order valence-corrected chi connectivity index (χ0v) is 12.4.